The summed E-state index contributed by atoms with van der Waals surface area (Å²) < 4.78 is 5.73. The van der Waals surface area contributed by atoms with Crippen LogP contribution in [0.2, 0.25) is 0 Å². The third kappa shape index (κ3) is 3.19. The van der Waals surface area contributed by atoms with E-state index in [0.29, 0.717) is 11.4 Å². The molecule has 2 heterocycles. The van der Waals surface area contributed by atoms with Crippen LogP contribution in [0, 0.1) is 17.0 Å². The summed E-state index contributed by atoms with van der Waals surface area (Å²) in [4.78, 5) is 14.2. The third-order valence-corrected chi connectivity index (χ3v) is 2.73. The Hall–Kier alpha value is -2.11. The normalized spacial score (nSPS) is 21.4. The highest BCUT2D eigenvalue weighted by Crippen LogP contribution is 2.20. The molecule has 0 aromatic carbocycles. The molecule has 18 heavy (non-hydrogen) atoms. The summed E-state index contributed by atoms with van der Waals surface area (Å²) in [6, 6.07) is 3.67. The summed E-state index contributed by atoms with van der Waals surface area (Å²) >= 11 is 0. The van der Waals surface area contributed by atoms with Gasteiger partial charge < -0.3 is 10.1 Å². The average Bonchev–Trinajstić information content (AvgIpc) is 2.34. The molecule has 1 aliphatic rings. The van der Waals surface area contributed by atoms with Crippen LogP contribution in [0.3, 0.4) is 0 Å². The van der Waals surface area contributed by atoms with Crippen molar-refractivity contribution in [3.05, 3.63) is 46.0 Å². The molecule has 1 saturated heterocycles. The topological polar surface area (TPSA) is 77.3 Å². The van der Waals surface area contributed by atoms with Gasteiger partial charge in [-0.1, -0.05) is 0 Å². The van der Waals surface area contributed by atoms with E-state index in [1.165, 1.54) is 0 Å². The predicted octanol–water partition coefficient (Wildman–Crippen LogP) is 1.64. The number of nitrogens with zero attached hydrogens (tertiary/aromatic N) is 2. The standard InChI is InChI=1S/C12H15N3O3/c1-9-4-5-10(7-14-9)18-12-3-2-6-13-11(12)8-15(16)17/h4-5,7-8,12-13H,2-3,6H2,1H3/b11-8-. The number of hydrogen-bond acceptors (Lipinski definition) is 5. The zero-order chi connectivity index (χ0) is 13.0. The van der Waals surface area contributed by atoms with Gasteiger partial charge in [0.2, 0.25) is 0 Å². The van der Waals surface area contributed by atoms with E-state index in [4.69, 9.17) is 4.74 Å². The fraction of sp³-hybridized carbons (Fsp3) is 0.417. The third-order valence-electron chi connectivity index (χ3n) is 2.73. The Morgan fingerprint density at radius 3 is 3.11 bits per heavy atom. The van der Waals surface area contributed by atoms with Crippen LogP contribution in [0.15, 0.2) is 30.2 Å². The number of piperidine rings is 1. The van der Waals surface area contributed by atoms with E-state index in [9.17, 15) is 10.1 Å². The zero-order valence-corrected chi connectivity index (χ0v) is 10.1. The van der Waals surface area contributed by atoms with Gasteiger partial charge in [-0.2, -0.15) is 0 Å². The largest absolute Gasteiger partial charge is 0.482 e. The van der Waals surface area contributed by atoms with Gasteiger partial charge in [0.25, 0.3) is 6.20 Å². The molecule has 6 heteroatoms. The van der Waals surface area contributed by atoms with E-state index in [1.54, 1.807) is 6.20 Å². The van der Waals surface area contributed by atoms with E-state index >= 15 is 0 Å². The summed E-state index contributed by atoms with van der Waals surface area (Å²) in [5, 5.41) is 13.5. The van der Waals surface area contributed by atoms with Gasteiger partial charge in [0.05, 0.1) is 11.1 Å². The maximum absolute atomic E-state index is 10.5. The Bertz CT molecular complexity index is 456. The van der Waals surface area contributed by atoms with Gasteiger partial charge in [-0.15, -0.1) is 0 Å². The number of ether oxygens (including phenoxy) is 1. The minimum atomic E-state index is -0.461. The first-order chi connectivity index (χ1) is 8.65. The van der Waals surface area contributed by atoms with Crippen molar-refractivity contribution >= 4 is 0 Å². The highest BCUT2D eigenvalue weighted by molar-refractivity contribution is 5.21. The molecule has 0 bridgehead atoms. The Kier molecular flexibility index (Phi) is 3.76. The molecule has 0 spiro atoms. The minimum absolute atomic E-state index is 0.298. The maximum atomic E-state index is 10.5. The molecule has 1 aliphatic heterocycles. The molecular formula is C12H15N3O3. The Morgan fingerprint density at radius 2 is 2.44 bits per heavy atom. The van der Waals surface area contributed by atoms with Crippen LogP contribution >= 0.6 is 0 Å². The molecule has 1 aromatic rings. The SMILES string of the molecule is Cc1ccc(OC2CCCN/C2=C\[N+](=O)[O-])cn1. The van der Waals surface area contributed by atoms with E-state index < -0.39 is 4.92 Å². The second-order valence-electron chi connectivity index (χ2n) is 4.18. The van der Waals surface area contributed by atoms with Crippen LogP contribution < -0.4 is 10.1 Å². The fourth-order valence-corrected chi connectivity index (χ4v) is 1.84. The minimum Gasteiger partial charge on any atom is -0.482 e. The van der Waals surface area contributed by atoms with Crippen LogP contribution in [0.5, 0.6) is 5.75 Å². The zero-order valence-electron chi connectivity index (χ0n) is 10.1. The molecule has 1 unspecified atom stereocenters. The lowest BCUT2D eigenvalue weighted by molar-refractivity contribution is -0.404. The maximum Gasteiger partial charge on any atom is 0.257 e. The summed E-state index contributed by atoms with van der Waals surface area (Å²) in [6.45, 7) is 2.63. The van der Waals surface area contributed by atoms with Crippen LogP contribution in [-0.2, 0) is 0 Å². The molecule has 1 atom stereocenters. The van der Waals surface area contributed by atoms with Gasteiger partial charge in [-0.3, -0.25) is 15.1 Å². The molecule has 0 amide bonds. The lowest BCUT2D eigenvalue weighted by atomic mass is 10.1. The first-order valence-corrected chi connectivity index (χ1v) is 5.83. The molecule has 96 valence electrons. The fourth-order valence-electron chi connectivity index (χ4n) is 1.84. The predicted molar refractivity (Wildman–Crippen MR) is 65.7 cm³/mol. The Labute approximate surface area is 105 Å². The molecule has 0 saturated carbocycles. The van der Waals surface area contributed by atoms with E-state index in [-0.39, 0.29) is 6.10 Å². The Morgan fingerprint density at radius 1 is 1.61 bits per heavy atom. The molecule has 1 aromatic heterocycles. The molecule has 0 aliphatic carbocycles. The van der Waals surface area contributed by atoms with Crippen molar-refractivity contribution in [1.82, 2.24) is 10.3 Å². The molecule has 0 radical (unpaired) electrons. The second-order valence-corrected chi connectivity index (χ2v) is 4.18. The van der Waals surface area contributed by atoms with Gasteiger partial charge in [0.1, 0.15) is 17.6 Å². The summed E-state index contributed by atoms with van der Waals surface area (Å²) in [5.74, 6) is 0.628. The first-order valence-electron chi connectivity index (χ1n) is 5.83. The molecule has 2 rings (SSSR count). The summed E-state index contributed by atoms with van der Waals surface area (Å²) in [5.41, 5.74) is 1.43. The van der Waals surface area contributed by atoms with E-state index in [1.807, 2.05) is 19.1 Å². The van der Waals surface area contributed by atoms with Crippen molar-refractivity contribution in [2.45, 2.75) is 25.9 Å². The Balaban J connectivity index is 2.10. The van der Waals surface area contributed by atoms with Gasteiger partial charge in [0, 0.05) is 12.2 Å². The van der Waals surface area contributed by atoms with Gasteiger partial charge in [-0.05, 0) is 31.9 Å². The lowest BCUT2D eigenvalue weighted by Gasteiger charge is -2.25. The van der Waals surface area contributed by atoms with Crippen molar-refractivity contribution in [3.63, 3.8) is 0 Å². The van der Waals surface area contributed by atoms with Crippen molar-refractivity contribution in [3.8, 4) is 5.75 Å². The smallest absolute Gasteiger partial charge is 0.257 e. The number of rotatable bonds is 3. The number of hydrogen-bond donors (Lipinski definition) is 1. The van der Waals surface area contributed by atoms with Gasteiger partial charge >= 0.3 is 0 Å². The second kappa shape index (κ2) is 5.48. The van der Waals surface area contributed by atoms with Crippen LogP contribution in [0.25, 0.3) is 0 Å². The highest BCUT2D eigenvalue weighted by atomic mass is 16.6. The van der Waals surface area contributed by atoms with Crippen LogP contribution in [0.4, 0.5) is 0 Å². The molecule has 1 N–H and O–H groups in total. The summed E-state index contributed by atoms with van der Waals surface area (Å²) in [7, 11) is 0. The number of aryl methyl sites for hydroxylation is 1. The van der Waals surface area contributed by atoms with Gasteiger partial charge in [0.15, 0.2) is 0 Å². The number of pyridine rings is 1. The van der Waals surface area contributed by atoms with Crippen LogP contribution in [-0.4, -0.2) is 22.6 Å². The van der Waals surface area contributed by atoms with Crippen molar-refractivity contribution < 1.29 is 9.66 Å². The molecule has 1 fully saturated rings. The van der Waals surface area contributed by atoms with Crippen LogP contribution in [0.1, 0.15) is 18.5 Å². The molecular weight excluding hydrogens is 234 g/mol. The van der Waals surface area contributed by atoms with Crippen molar-refractivity contribution in [2.24, 2.45) is 0 Å². The number of aromatic nitrogens is 1. The lowest BCUT2D eigenvalue weighted by Crippen LogP contribution is -2.35. The first kappa shape index (κ1) is 12.3. The van der Waals surface area contributed by atoms with Crippen molar-refractivity contribution in [2.75, 3.05) is 6.54 Å². The summed E-state index contributed by atoms with van der Waals surface area (Å²) in [6.07, 6.45) is 4.01. The van der Waals surface area contributed by atoms with Crippen molar-refractivity contribution in [1.29, 1.82) is 0 Å². The number of nitrogens with one attached hydrogen (secondary N) is 1. The van der Waals surface area contributed by atoms with Gasteiger partial charge in [-0.25, -0.2) is 0 Å². The quantitative estimate of drug-likeness (QED) is 0.651. The van der Waals surface area contributed by atoms with E-state index in [0.717, 1.165) is 31.3 Å². The molecule has 6 nitrogen and oxygen atoms in total. The average molecular weight is 249 g/mol. The monoisotopic (exact) mass is 249 g/mol. The highest BCUT2D eigenvalue weighted by Gasteiger charge is 2.23. The number of nitro groups is 1. The van der Waals surface area contributed by atoms with E-state index in [2.05, 4.69) is 10.3 Å².